The molecule has 1 aliphatic rings. The Morgan fingerprint density at radius 2 is 2.12 bits per heavy atom. The number of methoxy groups -OCH3 is 1. The molecule has 0 spiro atoms. The van der Waals surface area contributed by atoms with Crippen molar-refractivity contribution in [3.05, 3.63) is 29.8 Å². The largest absolute Gasteiger partial charge is 0.496 e. The molecule has 0 aromatic heterocycles. The minimum Gasteiger partial charge on any atom is -0.496 e. The van der Waals surface area contributed by atoms with Gasteiger partial charge in [-0.15, -0.1) is 0 Å². The normalized spacial score (nSPS) is 14.2. The molecule has 0 aliphatic heterocycles. The Bertz CT molecular complexity index is 389. The lowest BCUT2D eigenvalue weighted by molar-refractivity contribution is 0.240. The summed E-state index contributed by atoms with van der Waals surface area (Å²) in [5, 5.41) is 5.69. The van der Waals surface area contributed by atoms with Crippen molar-refractivity contribution in [3.8, 4) is 5.75 Å². The van der Waals surface area contributed by atoms with Gasteiger partial charge in [-0.1, -0.05) is 18.2 Å². The quantitative estimate of drug-likeness (QED) is 0.817. The van der Waals surface area contributed by atoms with E-state index in [0.717, 1.165) is 17.9 Å². The smallest absolute Gasteiger partial charge is 0.315 e. The van der Waals surface area contributed by atoms with Crippen LogP contribution in [0.2, 0.25) is 0 Å². The first-order valence-electron chi connectivity index (χ1n) is 5.93. The molecule has 1 saturated carbocycles. The predicted octanol–water partition coefficient (Wildman–Crippen LogP) is 1.90. The van der Waals surface area contributed by atoms with Gasteiger partial charge >= 0.3 is 6.03 Å². The maximum atomic E-state index is 11.5. The number of para-hydroxylation sites is 1. The molecule has 1 aliphatic carbocycles. The Labute approximate surface area is 101 Å². The first kappa shape index (κ1) is 11.8. The van der Waals surface area contributed by atoms with E-state index >= 15 is 0 Å². The van der Waals surface area contributed by atoms with Crippen LogP contribution in [0.3, 0.4) is 0 Å². The highest BCUT2D eigenvalue weighted by Crippen LogP contribution is 2.27. The molecule has 0 atom stereocenters. The molecule has 92 valence electrons. The number of carbonyl (C=O) groups is 1. The first-order valence-corrected chi connectivity index (χ1v) is 5.93. The fourth-order valence-corrected chi connectivity index (χ4v) is 1.65. The summed E-state index contributed by atoms with van der Waals surface area (Å²) >= 11 is 0. The summed E-state index contributed by atoms with van der Waals surface area (Å²) in [4.78, 5) is 11.5. The summed E-state index contributed by atoms with van der Waals surface area (Å²) in [6.07, 6.45) is 2.49. The fourth-order valence-electron chi connectivity index (χ4n) is 1.65. The zero-order valence-electron chi connectivity index (χ0n) is 10.0. The lowest BCUT2D eigenvalue weighted by Crippen LogP contribution is -2.36. The summed E-state index contributed by atoms with van der Waals surface area (Å²) in [6, 6.07) is 7.57. The molecule has 0 radical (unpaired) electrons. The van der Waals surface area contributed by atoms with Gasteiger partial charge in [0.25, 0.3) is 0 Å². The van der Waals surface area contributed by atoms with Crippen molar-refractivity contribution in [2.75, 3.05) is 13.7 Å². The summed E-state index contributed by atoms with van der Waals surface area (Å²) < 4.78 is 5.21. The van der Waals surface area contributed by atoms with Gasteiger partial charge in [0.15, 0.2) is 0 Å². The molecule has 2 N–H and O–H groups in total. The van der Waals surface area contributed by atoms with Gasteiger partial charge in [-0.3, -0.25) is 0 Å². The standard InChI is InChI=1S/C13H18N2O2/c1-17-12-5-3-2-4-11(12)9-15-13(16)14-8-10-6-7-10/h2-5,10H,6-9H2,1H3,(H2,14,15,16). The minimum absolute atomic E-state index is 0.109. The van der Waals surface area contributed by atoms with Crippen molar-refractivity contribution in [2.24, 2.45) is 5.92 Å². The lowest BCUT2D eigenvalue weighted by atomic mass is 10.2. The molecule has 17 heavy (non-hydrogen) atoms. The van der Waals surface area contributed by atoms with Crippen LogP contribution in [0.15, 0.2) is 24.3 Å². The Morgan fingerprint density at radius 3 is 2.82 bits per heavy atom. The molecule has 4 heteroatoms. The van der Waals surface area contributed by atoms with Crippen molar-refractivity contribution >= 4 is 6.03 Å². The van der Waals surface area contributed by atoms with Crippen molar-refractivity contribution < 1.29 is 9.53 Å². The average Bonchev–Trinajstić information content (AvgIpc) is 3.18. The third-order valence-corrected chi connectivity index (χ3v) is 2.88. The van der Waals surface area contributed by atoms with Crippen LogP contribution in [-0.4, -0.2) is 19.7 Å². The number of ether oxygens (including phenoxy) is 1. The van der Waals surface area contributed by atoms with Crippen LogP contribution in [0.1, 0.15) is 18.4 Å². The van der Waals surface area contributed by atoms with Crippen molar-refractivity contribution in [1.29, 1.82) is 0 Å². The zero-order chi connectivity index (χ0) is 12.1. The summed E-state index contributed by atoms with van der Waals surface area (Å²) in [6.45, 7) is 1.28. The maximum absolute atomic E-state index is 11.5. The first-order chi connectivity index (χ1) is 8.29. The van der Waals surface area contributed by atoms with Crippen LogP contribution in [-0.2, 0) is 6.54 Å². The molecule has 0 unspecified atom stereocenters. The highest BCUT2D eigenvalue weighted by Gasteiger charge is 2.21. The van der Waals surface area contributed by atoms with Gasteiger partial charge in [0.1, 0.15) is 5.75 Å². The highest BCUT2D eigenvalue weighted by molar-refractivity contribution is 5.73. The molecule has 1 aromatic rings. The molecule has 1 aromatic carbocycles. The number of carbonyl (C=O) groups excluding carboxylic acids is 1. The van der Waals surface area contributed by atoms with E-state index in [1.807, 2.05) is 24.3 Å². The van der Waals surface area contributed by atoms with Gasteiger partial charge in [0, 0.05) is 18.7 Å². The van der Waals surface area contributed by atoms with Gasteiger partial charge in [-0.2, -0.15) is 0 Å². The molecule has 2 rings (SSSR count). The number of hydrogen-bond donors (Lipinski definition) is 2. The monoisotopic (exact) mass is 234 g/mol. The second kappa shape index (κ2) is 5.57. The van der Waals surface area contributed by atoms with Gasteiger partial charge in [-0.25, -0.2) is 4.79 Å². The summed E-state index contributed by atoms with van der Waals surface area (Å²) in [7, 11) is 1.63. The Hall–Kier alpha value is -1.71. The van der Waals surface area contributed by atoms with Crippen molar-refractivity contribution in [2.45, 2.75) is 19.4 Å². The van der Waals surface area contributed by atoms with Crippen LogP contribution in [0.25, 0.3) is 0 Å². The average molecular weight is 234 g/mol. The van der Waals surface area contributed by atoms with E-state index in [9.17, 15) is 4.79 Å². The number of benzene rings is 1. The van der Waals surface area contributed by atoms with Gasteiger partial charge < -0.3 is 15.4 Å². The van der Waals surface area contributed by atoms with E-state index in [2.05, 4.69) is 10.6 Å². The molecule has 1 fully saturated rings. The Morgan fingerprint density at radius 1 is 1.35 bits per heavy atom. The summed E-state index contributed by atoms with van der Waals surface area (Å²) in [5.41, 5.74) is 0.983. The van der Waals surface area contributed by atoms with E-state index in [4.69, 9.17) is 4.74 Å². The number of urea groups is 1. The SMILES string of the molecule is COc1ccccc1CNC(=O)NCC1CC1. The third-order valence-electron chi connectivity index (χ3n) is 2.88. The molecule has 2 amide bonds. The zero-order valence-corrected chi connectivity index (χ0v) is 10.0. The van der Waals surface area contributed by atoms with Crippen LogP contribution in [0.5, 0.6) is 5.75 Å². The molecule has 4 nitrogen and oxygen atoms in total. The maximum Gasteiger partial charge on any atom is 0.315 e. The molecule has 0 saturated heterocycles. The van der Waals surface area contributed by atoms with Crippen molar-refractivity contribution in [1.82, 2.24) is 10.6 Å². The molecular weight excluding hydrogens is 216 g/mol. The minimum atomic E-state index is -0.109. The van der Waals surface area contributed by atoms with Gasteiger partial charge in [-0.05, 0) is 24.8 Å². The molecule has 0 bridgehead atoms. The Kier molecular flexibility index (Phi) is 3.85. The van der Waals surface area contributed by atoms with E-state index in [0.29, 0.717) is 12.5 Å². The van der Waals surface area contributed by atoms with Gasteiger partial charge in [0.05, 0.1) is 7.11 Å². The van der Waals surface area contributed by atoms with Crippen molar-refractivity contribution in [3.63, 3.8) is 0 Å². The predicted molar refractivity (Wildman–Crippen MR) is 66.0 cm³/mol. The molecule has 0 heterocycles. The lowest BCUT2D eigenvalue weighted by Gasteiger charge is -2.10. The number of amides is 2. The van der Waals surface area contributed by atoms with Crippen LogP contribution in [0.4, 0.5) is 4.79 Å². The van der Waals surface area contributed by atoms with E-state index in [1.54, 1.807) is 7.11 Å². The van der Waals surface area contributed by atoms with Crippen LogP contribution in [0, 0.1) is 5.92 Å². The topological polar surface area (TPSA) is 50.4 Å². The second-order valence-corrected chi connectivity index (χ2v) is 4.32. The molecular formula is C13H18N2O2. The number of rotatable bonds is 5. The third kappa shape index (κ3) is 3.66. The summed E-state index contributed by atoms with van der Waals surface area (Å²) in [5.74, 6) is 1.50. The van der Waals surface area contributed by atoms with E-state index in [-0.39, 0.29) is 6.03 Å². The number of nitrogens with one attached hydrogen (secondary N) is 2. The van der Waals surface area contributed by atoms with Crippen LogP contribution < -0.4 is 15.4 Å². The number of hydrogen-bond acceptors (Lipinski definition) is 2. The van der Waals surface area contributed by atoms with E-state index < -0.39 is 0 Å². The van der Waals surface area contributed by atoms with Gasteiger partial charge in [0.2, 0.25) is 0 Å². The highest BCUT2D eigenvalue weighted by atomic mass is 16.5. The Balaban J connectivity index is 1.77. The van der Waals surface area contributed by atoms with E-state index in [1.165, 1.54) is 12.8 Å². The second-order valence-electron chi connectivity index (χ2n) is 4.32. The van der Waals surface area contributed by atoms with Crippen LogP contribution >= 0.6 is 0 Å². The fraction of sp³-hybridized carbons (Fsp3) is 0.462.